The first kappa shape index (κ1) is 13.7. The van der Waals surface area contributed by atoms with Crippen molar-refractivity contribution in [2.75, 3.05) is 12.0 Å². The molecule has 0 N–H and O–H groups in total. The number of benzene rings is 2. The number of ether oxygens (including phenoxy) is 1. The minimum atomic E-state index is -0.532. The number of rotatable bonds is 2. The highest BCUT2D eigenvalue weighted by Gasteiger charge is 2.21. The van der Waals surface area contributed by atoms with Crippen LogP contribution in [-0.2, 0) is 4.74 Å². The van der Waals surface area contributed by atoms with E-state index in [1.807, 2.05) is 18.2 Å². The molecule has 0 fully saturated rings. The monoisotopic (exact) mass is 295 g/mol. The van der Waals surface area contributed by atoms with E-state index >= 15 is 0 Å². The smallest absolute Gasteiger partial charge is 0.418 e. The lowest BCUT2D eigenvalue weighted by molar-refractivity contribution is 0.181. The molecule has 0 unspecified atom stereocenters. The van der Waals surface area contributed by atoms with Crippen molar-refractivity contribution in [3.8, 4) is 0 Å². The van der Waals surface area contributed by atoms with Gasteiger partial charge in [0.15, 0.2) is 0 Å². The van der Waals surface area contributed by atoms with Crippen molar-refractivity contribution in [2.24, 2.45) is 0 Å². The van der Waals surface area contributed by atoms with Gasteiger partial charge in [0, 0.05) is 0 Å². The molecule has 0 radical (unpaired) electrons. The molecule has 0 atom stereocenters. The lowest BCUT2D eigenvalue weighted by Crippen LogP contribution is -2.25. The van der Waals surface area contributed by atoms with E-state index in [4.69, 9.17) is 27.9 Å². The van der Waals surface area contributed by atoms with E-state index in [2.05, 4.69) is 0 Å². The second-order valence-electron chi connectivity index (χ2n) is 3.71. The van der Waals surface area contributed by atoms with Gasteiger partial charge in [0.25, 0.3) is 0 Å². The summed E-state index contributed by atoms with van der Waals surface area (Å²) in [6, 6.07) is 14.2. The molecular formula is C14H11Cl2NO2. The number of amides is 1. The molecule has 0 aliphatic rings. The van der Waals surface area contributed by atoms with Crippen LogP contribution >= 0.6 is 23.2 Å². The molecule has 0 saturated heterocycles. The largest absolute Gasteiger partial charge is 0.452 e. The number of hydrogen-bond donors (Lipinski definition) is 0. The minimum absolute atomic E-state index is 0.304. The van der Waals surface area contributed by atoms with Crippen molar-refractivity contribution in [1.82, 2.24) is 0 Å². The number of halogens is 2. The van der Waals surface area contributed by atoms with Crippen LogP contribution in [0.4, 0.5) is 16.2 Å². The Kier molecular flexibility index (Phi) is 4.30. The molecule has 2 aromatic carbocycles. The summed E-state index contributed by atoms with van der Waals surface area (Å²) < 4.78 is 4.80. The topological polar surface area (TPSA) is 29.5 Å². The second-order valence-corrected chi connectivity index (χ2v) is 4.50. The first-order chi connectivity index (χ1) is 9.15. The van der Waals surface area contributed by atoms with Crippen LogP contribution in [0.15, 0.2) is 48.5 Å². The molecule has 0 aliphatic carbocycles. The van der Waals surface area contributed by atoms with Gasteiger partial charge in [0.2, 0.25) is 0 Å². The Labute approximate surface area is 121 Å². The molecule has 0 bridgehead atoms. The van der Waals surface area contributed by atoms with E-state index in [1.165, 1.54) is 12.0 Å². The molecule has 0 aromatic heterocycles. The van der Waals surface area contributed by atoms with Gasteiger partial charge >= 0.3 is 6.09 Å². The van der Waals surface area contributed by atoms with Crippen molar-refractivity contribution in [2.45, 2.75) is 0 Å². The predicted molar refractivity (Wildman–Crippen MR) is 77.4 cm³/mol. The Morgan fingerprint density at radius 2 is 1.74 bits per heavy atom. The summed E-state index contributed by atoms with van der Waals surface area (Å²) >= 11 is 12.1. The molecule has 0 spiro atoms. The lowest BCUT2D eigenvalue weighted by Gasteiger charge is -2.22. The predicted octanol–water partition coefficient (Wildman–Crippen LogP) is 4.90. The number of methoxy groups -OCH3 is 1. The Bertz CT molecular complexity index is 587. The van der Waals surface area contributed by atoms with Gasteiger partial charge in [-0.1, -0.05) is 47.5 Å². The first-order valence-corrected chi connectivity index (χ1v) is 6.28. The van der Waals surface area contributed by atoms with Gasteiger partial charge in [-0.25, -0.2) is 9.69 Å². The maximum atomic E-state index is 12.0. The zero-order chi connectivity index (χ0) is 13.8. The zero-order valence-electron chi connectivity index (χ0n) is 10.1. The Morgan fingerprint density at radius 3 is 2.37 bits per heavy atom. The minimum Gasteiger partial charge on any atom is -0.452 e. The highest BCUT2D eigenvalue weighted by atomic mass is 35.5. The van der Waals surface area contributed by atoms with Gasteiger partial charge in [0.1, 0.15) is 0 Å². The Morgan fingerprint density at radius 1 is 1.05 bits per heavy atom. The number of para-hydroxylation sites is 1. The average molecular weight is 296 g/mol. The molecule has 2 rings (SSSR count). The lowest BCUT2D eigenvalue weighted by atomic mass is 10.2. The molecule has 2 aromatic rings. The third kappa shape index (κ3) is 2.83. The standard InChI is InChI=1S/C14H11Cl2NO2/c1-19-14(18)17(10-6-3-2-4-7-10)12-9-5-8-11(15)13(12)16/h2-9H,1H3. The summed E-state index contributed by atoms with van der Waals surface area (Å²) in [5.41, 5.74) is 1.13. The van der Waals surface area contributed by atoms with E-state index in [0.29, 0.717) is 21.4 Å². The van der Waals surface area contributed by atoms with E-state index < -0.39 is 6.09 Å². The Balaban J connectivity index is 2.56. The molecule has 1 amide bonds. The fourth-order valence-corrected chi connectivity index (χ4v) is 2.06. The van der Waals surface area contributed by atoms with Crippen molar-refractivity contribution >= 4 is 40.7 Å². The van der Waals surface area contributed by atoms with Crippen LogP contribution in [0.2, 0.25) is 10.0 Å². The van der Waals surface area contributed by atoms with Crippen LogP contribution in [0.1, 0.15) is 0 Å². The highest BCUT2D eigenvalue weighted by molar-refractivity contribution is 6.44. The van der Waals surface area contributed by atoms with Crippen LogP contribution in [-0.4, -0.2) is 13.2 Å². The fourth-order valence-electron chi connectivity index (χ4n) is 1.68. The van der Waals surface area contributed by atoms with Crippen LogP contribution in [0, 0.1) is 0 Å². The highest BCUT2D eigenvalue weighted by Crippen LogP contribution is 2.36. The Hall–Kier alpha value is -1.71. The third-order valence-corrected chi connectivity index (χ3v) is 3.35. The second kappa shape index (κ2) is 5.95. The van der Waals surface area contributed by atoms with E-state index in [1.54, 1.807) is 30.3 Å². The molecule has 5 heteroatoms. The molecule has 19 heavy (non-hydrogen) atoms. The fraction of sp³-hybridized carbons (Fsp3) is 0.0714. The van der Waals surface area contributed by atoms with Crippen molar-refractivity contribution in [1.29, 1.82) is 0 Å². The van der Waals surface area contributed by atoms with Gasteiger partial charge in [-0.05, 0) is 24.3 Å². The summed E-state index contributed by atoms with van der Waals surface area (Å²) in [5.74, 6) is 0. The van der Waals surface area contributed by atoms with Crippen LogP contribution in [0.25, 0.3) is 0 Å². The van der Waals surface area contributed by atoms with Crippen LogP contribution in [0.3, 0.4) is 0 Å². The summed E-state index contributed by atoms with van der Waals surface area (Å²) in [6.07, 6.45) is -0.532. The van der Waals surface area contributed by atoms with Gasteiger partial charge in [0.05, 0.1) is 28.5 Å². The van der Waals surface area contributed by atoms with Crippen molar-refractivity contribution in [3.05, 3.63) is 58.6 Å². The number of anilines is 2. The quantitative estimate of drug-likeness (QED) is 0.789. The van der Waals surface area contributed by atoms with Gasteiger partial charge in [-0.2, -0.15) is 0 Å². The molecule has 0 aliphatic heterocycles. The number of hydrogen-bond acceptors (Lipinski definition) is 2. The first-order valence-electron chi connectivity index (χ1n) is 5.52. The molecule has 3 nitrogen and oxygen atoms in total. The van der Waals surface area contributed by atoms with Gasteiger partial charge < -0.3 is 4.74 Å². The number of carbonyl (C=O) groups excluding carboxylic acids is 1. The maximum Gasteiger partial charge on any atom is 0.418 e. The van der Waals surface area contributed by atoms with Crippen LogP contribution < -0.4 is 4.90 Å². The number of carbonyl (C=O) groups is 1. The SMILES string of the molecule is COC(=O)N(c1ccccc1)c1cccc(Cl)c1Cl. The average Bonchev–Trinajstić information content (AvgIpc) is 2.44. The molecule has 0 heterocycles. The maximum absolute atomic E-state index is 12.0. The summed E-state index contributed by atoms with van der Waals surface area (Å²) in [6.45, 7) is 0. The van der Waals surface area contributed by atoms with E-state index in [-0.39, 0.29) is 0 Å². The summed E-state index contributed by atoms with van der Waals surface area (Å²) in [5, 5.41) is 0.683. The van der Waals surface area contributed by atoms with Crippen molar-refractivity contribution in [3.63, 3.8) is 0 Å². The van der Waals surface area contributed by atoms with E-state index in [9.17, 15) is 4.79 Å². The summed E-state index contributed by atoms with van der Waals surface area (Å²) in [4.78, 5) is 13.3. The van der Waals surface area contributed by atoms with E-state index in [0.717, 1.165) is 0 Å². The molecular weight excluding hydrogens is 285 g/mol. The molecule has 98 valence electrons. The normalized spacial score (nSPS) is 10.1. The van der Waals surface area contributed by atoms with Gasteiger partial charge in [-0.15, -0.1) is 0 Å². The van der Waals surface area contributed by atoms with Crippen LogP contribution in [0.5, 0.6) is 0 Å². The van der Waals surface area contributed by atoms with Gasteiger partial charge in [-0.3, -0.25) is 0 Å². The van der Waals surface area contributed by atoms with Crippen molar-refractivity contribution < 1.29 is 9.53 Å². The third-order valence-electron chi connectivity index (χ3n) is 2.54. The summed E-state index contributed by atoms with van der Waals surface area (Å²) in [7, 11) is 1.32. The zero-order valence-corrected chi connectivity index (χ0v) is 11.7. The molecule has 0 saturated carbocycles. The number of nitrogens with zero attached hydrogens (tertiary/aromatic N) is 1.